The Balaban J connectivity index is 1.32. The molecule has 0 unspecified atom stereocenters. The van der Waals surface area contributed by atoms with Crippen LogP contribution in [0.2, 0.25) is 10.0 Å². The molecule has 2 aromatic carbocycles. The van der Waals surface area contributed by atoms with Crippen LogP contribution >= 0.6 is 23.2 Å². The van der Waals surface area contributed by atoms with Crippen molar-refractivity contribution >= 4 is 46.6 Å². The smallest absolute Gasteiger partial charge is 0.418 e. The maximum absolute atomic E-state index is 13.6. The monoisotopic (exact) mass is 540 g/mol. The number of carbonyl (C=O) groups excluding carboxylic acids is 3. The fourth-order valence-electron chi connectivity index (χ4n) is 4.88. The van der Waals surface area contributed by atoms with Gasteiger partial charge in [-0.3, -0.25) is 14.4 Å². The molecule has 3 heterocycles. The molecule has 3 amide bonds. The van der Waals surface area contributed by atoms with E-state index in [1.165, 1.54) is 24.3 Å². The van der Waals surface area contributed by atoms with Gasteiger partial charge in [0.2, 0.25) is 11.8 Å². The van der Waals surface area contributed by atoms with Crippen molar-refractivity contribution in [3.8, 4) is 5.75 Å². The number of fused-ring (bicyclic) bond motifs is 5. The lowest BCUT2D eigenvalue weighted by Gasteiger charge is -2.29. The number of benzene rings is 2. The normalized spacial score (nSPS) is 26.5. The van der Waals surface area contributed by atoms with Crippen LogP contribution in [0, 0.1) is 11.8 Å². The minimum atomic E-state index is -4.76. The number of imide groups is 1. The minimum absolute atomic E-state index is 0.189. The lowest BCUT2D eigenvalue weighted by Crippen LogP contribution is -2.49. The molecule has 2 fully saturated rings. The predicted octanol–water partition coefficient (Wildman–Crippen LogP) is 4.02. The van der Waals surface area contributed by atoms with E-state index in [1.807, 2.05) is 0 Å². The Morgan fingerprint density at radius 2 is 1.89 bits per heavy atom. The Morgan fingerprint density at radius 1 is 1.14 bits per heavy atom. The van der Waals surface area contributed by atoms with E-state index in [-0.39, 0.29) is 17.3 Å². The first-order valence-electron chi connectivity index (χ1n) is 10.8. The van der Waals surface area contributed by atoms with Gasteiger partial charge in [0.1, 0.15) is 11.4 Å². The van der Waals surface area contributed by atoms with Crippen LogP contribution in [0.1, 0.15) is 5.56 Å². The van der Waals surface area contributed by atoms with Gasteiger partial charge in [-0.25, -0.2) is 4.90 Å². The number of hydrogen-bond donors (Lipinski definition) is 1. The number of rotatable bonds is 6. The van der Waals surface area contributed by atoms with Crippen molar-refractivity contribution in [3.63, 3.8) is 0 Å². The summed E-state index contributed by atoms with van der Waals surface area (Å²) >= 11 is 11.9. The third-order valence-electron chi connectivity index (χ3n) is 6.42. The van der Waals surface area contributed by atoms with Gasteiger partial charge >= 0.3 is 6.18 Å². The Morgan fingerprint density at radius 3 is 2.61 bits per heavy atom. The molecule has 2 bridgehead atoms. The fourth-order valence-corrected chi connectivity index (χ4v) is 5.34. The number of nitrogens with one attached hydrogen (secondary N) is 1. The molecule has 0 radical (unpaired) electrons. The zero-order valence-corrected chi connectivity index (χ0v) is 19.7. The molecule has 0 saturated carbocycles. The molecular weight excluding hydrogens is 524 g/mol. The number of alkyl halides is 3. The molecule has 2 saturated heterocycles. The molecule has 7 nitrogen and oxygen atoms in total. The highest BCUT2D eigenvalue weighted by atomic mass is 35.5. The first-order chi connectivity index (χ1) is 17.0. The highest BCUT2D eigenvalue weighted by Crippen LogP contribution is 2.53. The Labute approximate surface area is 212 Å². The summed E-state index contributed by atoms with van der Waals surface area (Å²) in [6, 6.07) is 8.91. The van der Waals surface area contributed by atoms with Crippen molar-refractivity contribution in [2.75, 3.05) is 18.1 Å². The number of ether oxygens (including phenoxy) is 2. The maximum atomic E-state index is 13.6. The number of carbonyl (C=O) groups is 3. The van der Waals surface area contributed by atoms with Crippen molar-refractivity contribution in [2.45, 2.75) is 17.9 Å². The SMILES string of the molecule is O=C(COc1ccc(Cl)cc1Cl)NC[C@@]12C=C[C@@H](O1)[C@@H]1C(=O)N(c3ccccc3C(F)(F)F)C(=O)[C@H]12. The van der Waals surface area contributed by atoms with Crippen LogP contribution in [0.15, 0.2) is 54.6 Å². The molecule has 5 rings (SSSR count). The van der Waals surface area contributed by atoms with E-state index in [2.05, 4.69) is 5.32 Å². The topological polar surface area (TPSA) is 84.9 Å². The first-order valence-corrected chi connectivity index (χ1v) is 11.5. The molecule has 188 valence electrons. The molecule has 36 heavy (non-hydrogen) atoms. The van der Waals surface area contributed by atoms with E-state index in [1.54, 1.807) is 18.2 Å². The van der Waals surface area contributed by atoms with Crippen molar-refractivity contribution < 1.29 is 37.0 Å². The van der Waals surface area contributed by atoms with E-state index in [0.29, 0.717) is 9.92 Å². The van der Waals surface area contributed by atoms with Crippen LogP contribution in [-0.4, -0.2) is 42.6 Å². The highest BCUT2D eigenvalue weighted by Gasteiger charge is 2.68. The maximum Gasteiger partial charge on any atom is 0.418 e. The molecular formula is C24H17Cl2F3N2O5. The van der Waals surface area contributed by atoms with Crippen molar-refractivity contribution in [3.05, 3.63) is 70.2 Å². The average molecular weight is 541 g/mol. The van der Waals surface area contributed by atoms with Gasteiger partial charge in [-0.15, -0.1) is 0 Å². The number of halogens is 5. The van der Waals surface area contributed by atoms with E-state index in [4.69, 9.17) is 32.7 Å². The van der Waals surface area contributed by atoms with Gasteiger partial charge < -0.3 is 14.8 Å². The van der Waals surface area contributed by atoms with Crippen LogP contribution < -0.4 is 15.0 Å². The van der Waals surface area contributed by atoms with Crippen molar-refractivity contribution in [1.29, 1.82) is 0 Å². The molecule has 1 N–H and O–H groups in total. The summed E-state index contributed by atoms with van der Waals surface area (Å²) in [4.78, 5) is 39.5. The highest BCUT2D eigenvalue weighted by molar-refractivity contribution is 6.35. The standard InChI is InChI=1S/C24H17Cl2F3N2O5/c25-12-5-6-16(14(26)9-12)35-10-18(32)30-11-23-8-7-17(36-23)19-20(23)22(34)31(21(19)33)15-4-2-1-3-13(15)24(27,28)29/h1-9,17,19-20H,10-11H2,(H,30,32)/t17-,19+,20+,23-/m1/s1. The van der Waals surface area contributed by atoms with Gasteiger partial charge in [0.05, 0.1) is 40.8 Å². The van der Waals surface area contributed by atoms with E-state index in [9.17, 15) is 27.6 Å². The summed E-state index contributed by atoms with van der Waals surface area (Å²) in [5.41, 5.74) is -2.99. The van der Waals surface area contributed by atoms with Crippen LogP contribution in [0.4, 0.5) is 18.9 Å². The second kappa shape index (κ2) is 8.79. The van der Waals surface area contributed by atoms with Crippen molar-refractivity contribution in [2.24, 2.45) is 11.8 Å². The van der Waals surface area contributed by atoms with E-state index >= 15 is 0 Å². The summed E-state index contributed by atoms with van der Waals surface area (Å²) in [7, 11) is 0. The van der Waals surface area contributed by atoms with Gasteiger partial charge in [0.25, 0.3) is 5.91 Å². The minimum Gasteiger partial charge on any atom is -0.482 e. The molecule has 0 aliphatic carbocycles. The number of nitrogens with zero attached hydrogens (tertiary/aromatic N) is 1. The Kier molecular flexibility index (Phi) is 6.01. The zero-order chi connectivity index (χ0) is 25.8. The third-order valence-corrected chi connectivity index (χ3v) is 6.95. The molecule has 0 aromatic heterocycles. The molecule has 4 atom stereocenters. The lowest BCUT2D eigenvalue weighted by atomic mass is 9.77. The lowest BCUT2D eigenvalue weighted by molar-refractivity contribution is -0.137. The number of anilines is 1. The van der Waals surface area contributed by atoms with Crippen molar-refractivity contribution in [1.82, 2.24) is 5.32 Å². The molecule has 3 aliphatic rings. The van der Waals surface area contributed by atoms with Gasteiger partial charge in [0.15, 0.2) is 6.61 Å². The second-order valence-electron chi connectivity index (χ2n) is 8.57. The van der Waals surface area contributed by atoms with Crippen LogP contribution in [0.25, 0.3) is 0 Å². The molecule has 3 aliphatic heterocycles. The van der Waals surface area contributed by atoms with Crippen LogP contribution in [-0.2, 0) is 25.3 Å². The molecule has 0 spiro atoms. The van der Waals surface area contributed by atoms with Gasteiger partial charge in [-0.05, 0) is 30.3 Å². The van der Waals surface area contributed by atoms with Gasteiger partial charge in [0, 0.05) is 5.02 Å². The quantitative estimate of drug-likeness (QED) is 0.442. The molecule has 2 aromatic rings. The number of amides is 3. The average Bonchev–Trinajstić information content (AvgIpc) is 3.46. The number of hydrogen-bond acceptors (Lipinski definition) is 5. The zero-order valence-electron chi connectivity index (χ0n) is 18.2. The summed E-state index contributed by atoms with van der Waals surface area (Å²) < 4.78 is 52.0. The first kappa shape index (κ1) is 24.6. The van der Waals surface area contributed by atoms with Gasteiger partial charge in [-0.2, -0.15) is 13.2 Å². The summed E-state index contributed by atoms with van der Waals surface area (Å²) in [5.74, 6) is -3.99. The second-order valence-corrected chi connectivity index (χ2v) is 9.41. The van der Waals surface area contributed by atoms with Crippen LogP contribution in [0.3, 0.4) is 0 Å². The molecule has 12 heteroatoms. The predicted molar refractivity (Wildman–Crippen MR) is 123 cm³/mol. The Bertz CT molecular complexity index is 1300. The number of para-hydroxylation sites is 1. The summed E-state index contributed by atoms with van der Waals surface area (Å²) in [6.07, 6.45) is -2.40. The fraction of sp³-hybridized carbons (Fsp3) is 0.292. The van der Waals surface area contributed by atoms with E-state index < -0.39 is 65.3 Å². The summed E-state index contributed by atoms with van der Waals surface area (Å²) in [6.45, 7) is -0.595. The third kappa shape index (κ3) is 4.03. The van der Waals surface area contributed by atoms with Crippen LogP contribution in [0.5, 0.6) is 5.75 Å². The largest absolute Gasteiger partial charge is 0.482 e. The summed E-state index contributed by atoms with van der Waals surface area (Å²) in [5, 5.41) is 3.22. The van der Waals surface area contributed by atoms with Gasteiger partial charge in [-0.1, -0.05) is 47.5 Å². The Hall–Kier alpha value is -3.08. The van der Waals surface area contributed by atoms with E-state index in [0.717, 1.165) is 12.1 Å².